The molecule has 1 heterocycles. The van der Waals surface area contributed by atoms with Crippen LogP contribution in [0.4, 0.5) is 4.79 Å². The number of hydrogen-bond donors (Lipinski definition) is 0. The van der Waals surface area contributed by atoms with Gasteiger partial charge in [0.05, 0.1) is 13.2 Å². The second-order valence-corrected chi connectivity index (χ2v) is 5.63. The van der Waals surface area contributed by atoms with Crippen LogP contribution in [0.1, 0.15) is 32.1 Å². The maximum Gasteiger partial charge on any atom is 0.410 e. The van der Waals surface area contributed by atoms with Gasteiger partial charge in [-0.25, -0.2) is 4.79 Å². The predicted molar refractivity (Wildman–Crippen MR) is 82.5 cm³/mol. The van der Waals surface area contributed by atoms with Gasteiger partial charge in [-0.15, -0.1) is 11.3 Å². The highest BCUT2D eigenvalue weighted by Gasteiger charge is 2.24. The zero-order valence-corrected chi connectivity index (χ0v) is 13.6. The SMILES string of the molecule is CCOC(=O)CN(C(=O)OCC)C(C)CCc1cccs1. The molecule has 21 heavy (non-hydrogen) atoms. The summed E-state index contributed by atoms with van der Waals surface area (Å²) >= 11 is 1.69. The second kappa shape index (κ2) is 9.39. The standard InChI is InChI=1S/C15H23NO4S/c1-4-19-14(17)11-16(15(18)20-5-2)12(3)8-9-13-7-6-10-21-13/h6-7,10,12H,4-5,8-9,11H2,1-3H3. The average Bonchev–Trinajstić information content (AvgIpc) is 2.96. The average molecular weight is 313 g/mol. The molecule has 1 atom stereocenters. The van der Waals surface area contributed by atoms with Crippen molar-refractivity contribution in [2.45, 2.75) is 39.7 Å². The van der Waals surface area contributed by atoms with Gasteiger partial charge in [0.15, 0.2) is 0 Å². The molecular formula is C15H23NO4S. The molecule has 0 aromatic carbocycles. The minimum absolute atomic E-state index is 0.0712. The Labute approximate surface area is 129 Å². The number of rotatable bonds is 8. The lowest BCUT2D eigenvalue weighted by Crippen LogP contribution is -2.43. The fourth-order valence-electron chi connectivity index (χ4n) is 1.91. The van der Waals surface area contributed by atoms with Crippen LogP contribution in [0.25, 0.3) is 0 Å². The third-order valence-electron chi connectivity index (χ3n) is 3.03. The maximum absolute atomic E-state index is 12.0. The lowest BCUT2D eigenvalue weighted by Gasteiger charge is -2.27. The first kappa shape index (κ1) is 17.5. The topological polar surface area (TPSA) is 55.8 Å². The Hall–Kier alpha value is -1.56. The van der Waals surface area contributed by atoms with Crippen molar-refractivity contribution in [2.75, 3.05) is 19.8 Å². The van der Waals surface area contributed by atoms with Crippen LogP contribution in [-0.4, -0.2) is 42.8 Å². The van der Waals surface area contributed by atoms with E-state index in [1.165, 1.54) is 9.78 Å². The van der Waals surface area contributed by atoms with Gasteiger partial charge in [0.2, 0.25) is 0 Å². The van der Waals surface area contributed by atoms with Crippen molar-refractivity contribution in [2.24, 2.45) is 0 Å². The van der Waals surface area contributed by atoms with E-state index in [1.54, 1.807) is 25.2 Å². The quantitative estimate of drug-likeness (QED) is 0.692. The third kappa shape index (κ3) is 6.16. The summed E-state index contributed by atoms with van der Waals surface area (Å²) in [6.45, 7) is 5.93. The molecule has 0 saturated heterocycles. The number of hydrogen-bond acceptors (Lipinski definition) is 5. The molecule has 118 valence electrons. The van der Waals surface area contributed by atoms with Crippen LogP contribution in [-0.2, 0) is 20.7 Å². The summed E-state index contributed by atoms with van der Waals surface area (Å²) in [5.41, 5.74) is 0. The van der Waals surface area contributed by atoms with Crippen molar-refractivity contribution in [3.05, 3.63) is 22.4 Å². The Bertz CT molecular complexity index is 433. The third-order valence-corrected chi connectivity index (χ3v) is 3.96. The monoisotopic (exact) mass is 313 g/mol. The number of thiophene rings is 1. The fourth-order valence-corrected chi connectivity index (χ4v) is 2.64. The molecule has 1 rings (SSSR count). The van der Waals surface area contributed by atoms with Crippen LogP contribution in [0.15, 0.2) is 17.5 Å². The summed E-state index contributed by atoms with van der Waals surface area (Å²) in [7, 11) is 0. The molecule has 0 spiro atoms. The molecule has 1 amide bonds. The van der Waals surface area contributed by atoms with Crippen LogP contribution in [0.2, 0.25) is 0 Å². The van der Waals surface area contributed by atoms with Gasteiger partial charge in [-0.05, 0) is 45.1 Å². The minimum atomic E-state index is -0.468. The smallest absolute Gasteiger partial charge is 0.410 e. The van der Waals surface area contributed by atoms with Gasteiger partial charge in [0, 0.05) is 10.9 Å². The largest absolute Gasteiger partial charge is 0.465 e. The summed E-state index contributed by atoms with van der Waals surface area (Å²) in [6.07, 6.45) is 1.18. The number of aryl methyl sites for hydroxylation is 1. The molecule has 0 aliphatic heterocycles. The first-order chi connectivity index (χ1) is 10.1. The van der Waals surface area contributed by atoms with Gasteiger partial charge >= 0.3 is 12.1 Å². The molecule has 1 aromatic rings. The number of carbonyl (C=O) groups excluding carboxylic acids is 2. The molecule has 0 N–H and O–H groups in total. The Morgan fingerprint density at radius 3 is 2.57 bits per heavy atom. The first-order valence-corrected chi connectivity index (χ1v) is 8.07. The summed E-state index contributed by atoms with van der Waals surface area (Å²) in [4.78, 5) is 26.3. The molecule has 6 heteroatoms. The highest BCUT2D eigenvalue weighted by molar-refractivity contribution is 7.09. The molecule has 5 nitrogen and oxygen atoms in total. The number of nitrogens with zero attached hydrogens (tertiary/aromatic N) is 1. The number of ether oxygens (including phenoxy) is 2. The summed E-state index contributed by atoms with van der Waals surface area (Å²) in [6, 6.07) is 3.99. The zero-order chi connectivity index (χ0) is 15.7. The first-order valence-electron chi connectivity index (χ1n) is 7.19. The van der Waals surface area contributed by atoms with Gasteiger partial charge in [-0.2, -0.15) is 0 Å². The Morgan fingerprint density at radius 2 is 2.00 bits per heavy atom. The Kier molecular flexibility index (Phi) is 7.82. The molecule has 0 aliphatic rings. The maximum atomic E-state index is 12.0. The van der Waals surface area contributed by atoms with Gasteiger partial charge in [-0.1, -0.05) is 6.07 Å². The van der Waals surface area contributed by atoms with E-state index < -0.39 is 12.1 Å². The van der Waals surface area contributed by atoms with E-state index in [-0.39, 0.29) is 19.2 Å². The highest BCUT2D eigenvalue weighted by atomic mass is 32.1. The van der Waals surface area contributed by atoms with Crippen molar-refractivity contribution < 1.29 is 19.1 Å². The van der Waals surface area contributed by atoms with E-state index in [2.05, 4.69) is 6.07 Å². The Balaban J connectivity index is 2.60. The predicted octanol–water partition coefficient (Wildman–Crippen LogP) is 3.09. The fraction of sp³-hybridized carbons (Fsp3) is 0.600. The van der Waals surface area contributed by atoms with Crippen molar-refractivity contribution in [1.29, 1.82) is 0 Å². The van der Waals surface area contributed by atoms with Crippen LogP contribution >= 0.6 is 11.3 Å². The lowest BCUT2D eigenvalue weighted by atomic mass is 10.1. The van der Waals surface area contributed by atoms with E-state index in [0.29, 0.717) is 6.61 Å². The van der Waals surface area contributed by atoms with Crippen LogP contribution in [0.3, 0.4) is 0 Å². The molecule has 1 aromatic heterocycles. The van der Waals surface area contributed by atoms with Crippen molar-refractivity contribution in [3.8, 4) is 0 Å². The zero-order valence-electron chi connectivity index (χ0n) is 12.8. The summed E-state index contributed by atoms with van der Waals surface area (Å²) in [5.74, 6) is -0.409. The van der Waals surface area contributed by atoms with Gasteiger partial charge < -0.3 is 9.47 Å². The van der Waals surface area contributed by atoms with Crippen LogP contribution < -0.4 is 0 Å². The minimum Gasteiger partial charge on any atom is -0.465 e. The van der Waals surface area contributed by atoms with Crippen molar-refractivity contribution in [3.63, 3.8) is 0 Å². The molecule has 0 bridgehead atoms. The normalized spacial score (nSPS) is 11.8. The van der Waals surface area contributed by atoms with Gasteiger partial charge in [0.25, 0.3) is 0 Å². The van der Waals surface area contributed by atoms with Gasteiger partial charge in [-0.3, -0.25) is 9.69 Å². The molecule has 0 saturated carbocycles. The lowest BCUT2D eigenvalue weighted by molar-refractivity contribution is -0.144. The molecular weight excluding hydrogens is 290 g/mol. The van der Waals surface area contributed by atoms with E-state index in [1.807, 2.05) is 18.4 Å². The highest BCUT2D eigenvalue weighted by Crippen LogP contribution is 2.15. The van der Waals surface area contributed by atoms with Gasteiger partial charge in [0.1, 0.15) is 6.54 Å². The van der Waals surface area contributed by atoms with Crippen LogP contribution in [0, 0.1) is 0 Å². The molecule has 0 radical (unpaired) electrons. The molecule has 1 unspecified atom stereocenters. The van der Waals surface area contributed by atoms with Crippen molar-refractivity contribution >= 4 is 23.4 Å². The van der Waals surface area contributed by atoms with E-state index >= 15 is 0 Å². The number of amides is 1. The van der Waals surface area contributed by atoms with Crippen molar-refractivity contribution in [1.82, 2.24) is 4.90 Å². The summed E-state index contributed by atoms with van der Waals surface area (Å²) in [5, 5.41) is 2.03. The number of carbonyl (C=O) groups is 2. The van der Waals surface area contributed by atoms with E-state index in [4.69, 9.17) is 9.47 Å². The van der Waals surface area contributed by atoms with E-state index in [9.17, 15) is 9.59 Å². The van der Waals surface area contributed by atoms with E-state index in [0.717, 1.165) is 12.8 Å². The Morgan fingerprint density at radius 1 is 1.29 bits per heavy atom. The summed E-state index contributed by atoms with van der Waals surface area (Å²) < 4.78 is 9.94. The van der Waals surface area contributed by atoms with Crippen LogP contribution in [0.5, 0.6) is 0 Å². The number of esters is 1. The molecule has 0 fully saturated rings. The second-order valence-electron chi connectivity index (χ2n) is 4.60. The molecule has 0 aliphatic carbocycles.